The van der Waals surface area contributed by atoms with E-state index >= 15 is 0 Å². The molecule has 1 heterocycles. The molecular weight excluding hydrogens is 426 g/mol. The van der Waals surface area contributed by atoms with Crippen molar-refractivity contribution in [3.05, 3.63) is 52.9 Å². The van der Waals surface area contributed by atoms with Gasteiger partial charge >= 0.3 is 5.97 Å². The number of carbonyl (C=O) groups is 2. The molecule has 1 aliphatic heterocycles. The molecule has 3 rings (SSSR count). The molecule has 7 nitrogen and oxygen atoms in total. The first kappa shape index (κ1) is 21.7. The Morgan fingerprint density at radius 2 is 1.93 bits per heavy atom. The van der Waals surface area contributed by atoms with E-state index in [4.69, 9.17) is 26.8 Å². The van der Waals surface area contributed by atoms with E-state index in [1.807, 2.05) is 0 Å². The molecule has 156 valence electrons. The fourth-order valence-corrected chi connectivity index (χ4v) is 3.96. The molecule has 0 spiro atoms. The highest BCUT2D eigenvalue weighted by Crippen LogP contribution is 2.37. The van der Waals surface area contributed by atoms with Gasteiger partial charge in [0.15, 0.2) is 21.9 Å². The lowest BCUT2D eigenvalue weighted by Gasteiger charge is -2.15. The van der Waals surface area contributed by atoms with Crippen molar-refractivity contribution < 1.29 is 29.3 Å². The highest BCUT2D eigenvalue weighted by Gasteiger charge is 2.33. The van der Waals surface area contributed by atoms with Gasteiger partial charge in [-0.2, -0.15) is 0 Å². The van der Waals surface area contributed by atoms with Gasteiger partial charge in [0.2, 0.25) is 0 Å². The number of thiocarbonyl (C=S) groups is 1. The number of carboxylic acid groups (broad SMARTS) is 1. The smallest absolute Gasteiger partial charge is 0.344 e. The molecule has 1 atom stereocenters. The van der Waals surface area contributed by atoms with Gasteiger partial charge in [-0.1, -0.05) is 30.0 Å². The number of phenolic OH excluding ortho intramolecular Hbond substituents is 1. The second kappa shape index (κ2) is 9.19. The Labute approximate surface area is 182 Å². The van der Waals surface area contributed by atoms with Gasteiger partial charge in [0.1, 0.15) is 5.75 Å². The van der Waals surface area contributed by atoms with Crippen molar-refractivity contribution in [3.8, 4) is 17.2 Å². The monoisotopic (exact) mass is 445 g/mol. The zero-order valence-electron chi connectivity index (χ0n) is 16.2. The predicted octanol–water partition coefficient (Wildman–Crippen LogP) is 4.05. The molecule has 0 radical (unpaired) electrons. The van der Waals surface area contributed by atoms with Crippen LogP contribution in [0, 0.1) is 0 Å². The molecule has 30 heavy (non-hydrogen) atoms. The number of benzene rings is 2. The Morgan fingerprint density at radius 3 is 2.57 bits per heavy atom. The van der Waals surface area contributed by atoms with Crippen molar-refractivity contribution in [2.24, 2.45) is 0 Å². The van der Waals surface area contributed by atoms with Crippen LogP contribution in [0.4, 0.5) is 5.69 Å². The Balaban J connectivity index is 1.87. The zero-order chi connectivity index (χ0) is 21.8. The summed E-state index contributed by atoms with van der Waals surface area (Å²) in [7, 11) is 0. The van der Waals surface area contributed by atoms with Gasteiger partial charge in [-0.05, 0) is 61.9 Å². The minimum Gasteiger partial charge on any atom is -0.508 e. The van der Waals surface area contributed by atoms with Gasteiger partial charge in [0, 0.05) is 0 Å². The first-order chi connectivity index (χ1) is 14.3. The van der Waals surface area contributed by atoms with Crippen LogP contribution in [0.5, 0.6) is 17.2 Å². The van der Waals surface area contributed by atoms with Crippen LogP contribution in [0.3, 0.4) is 0 Å². The Bertz CT molecular complexity index is 1020. The molecule has 1 fully saturated rings. The van der Waals surface area contributed by atoms with Crippen molar-refractivity contribution in [3.63, 3.8) is 0 Å². The number of hydrogen-bond donors (Lipinski definition) is 2. The summed E-state index contributed by atoms with van der Waals surface area (Å²) in [6, 6.07) is 11.2. The molecule has 0 aliphatic carbocycles. The Hall–Kier alpha value is -3.04. The first-order valence-electron chi connectivity index (χ1n) is 9.03. The number of nitrogens with zero attached hydrogens (tertiary/aromatic N) is 1. The van der Waals surface area contributed by atoms with Crippen LogP contribution < -0.4 is 14.4 Å². The number of amides is 1. The maximum Gasteiger partial charge on any atom is 0.344 e. The summed E-state index contributed by atoms with van der Waals surface area (Å²) >= 11 is 6.52. The Kier molecular flexibility index (Phi) is 6.63. The predicted molar refractivity (Wildman–Crippen MR) is 119 cm³/mol. The summed E-state index contributed by atoms with van der Waals surface area (Å²) in [4.78, 5) is 25.8. The molecule has 2 N–H and O–H groups in total. The molecule has 1 aliphatic rings. The number of rotatable bonds is 7. The van der Waals surface area contributed by atoms with E-state index in [-0.39, 0.29) is 11.7 Å². The number of aromatic hydroxyl groups is 1. The molecule has 1 unspecified atom stereocenters. The van der Waals surface area contributed by atoms with Crippen LogP contribution in [-0.2, 0) is 9.59 Å². The number of ether oxygens (including phenoxy) is 2. The largest absolute Gasteiger partial charge is 0.508 e. The molecule has 9 heteroatoms. The number of hydrogen-bond acceptors (Lipinski definition) is 7. The lowest BCUT2D eigenvalue weighted by molar-refractivity contribution is -0.144. The third-order valence-corrected chi connectivity index (χ3v) is 5.42. The first-order valence-corrected chi connectivity index (χ1v) is 10.3. The highest BCUT2D eigenvalue weighted by molar-refractivity contribution is 8.27. The van der Waals surface area contributed by atoms with Crippen LogP contribution >= 0.6 is 24.0 Å². The van der Waals surface area contributed by atoms with Crippen LogP contribution in [0.15, 0.2) is 47.4 Å². The summed E-state index contributed by atoms with van der Waals surface area (Å²) in [5.41, 5.74) is 1.25. The minimum atomic E-state index is -1.08. The summed E-state index contributed by atoms with van der Waals surface area (Å²) in [5, 5.41) is 18.5. The van der Waals surface area contributed by atoms with Gasteiger partial charge in [-0.25, -0.2) is 4.79 Å². The third kappa shape index (κ3) is 4.74. The van der Waals surface area contributed by atoms with E-state index in [9.17, 15) is 14.7 Å². The lowest BCUT2D eigenvalue weighted by Crippen LogP contribution is -2.27. The summed E-state index contributed by atoms with van der Waals surface area (Å²) in [5.74, 6) is -0.565. The molecule has 0 saturated carbocycles. The summed E-state index contributed by atoms with van der Waals surface area (Å²) < 4.78 is 11.4. The Morgan fingerprint density at radius 1 is 1.23 bits per heavy atom. The van der Waals surface area contributed by atoms with Gasteiger partial charge in [0.25, 0.3) is 5.91 Å². The normalized spacial score (nSPS) is 16.1. The van der Waals surface area contributed by atoms with Gasteiger partial charge < -0.3 is 19.7 Å². The number of carboxylic acids is 1. The van der Waals surface area contributed by atoms with Crippen molar-refractivity contribution >= 4 is 51.9 Å². The fourth-order valence-electron chi connectivity index (χ4n) is 2.66. The average molecular weight is 446 g/mol. The van der Waals surface area contributed by atoms with Crippen molar-refractivity contribution in [1.29, 1.82) is 0 Å². The number of carbonyl (C=O) groups excluding carboxylic acids is 1. The number of anilines is 1. The van der Waals surface area contributed by atoms with Crippen LogP contribution in [0.1, 0.15) is 19.4 Å². The standard InChI is InChI=1S/C21H19NO6S2/c1-3-27-17-10-13(4-9-16(17)28-12(2)20(25)26)11-18-19(24)22(21(29)30-18)14-5-7-15(23)8-6-14/h4-12,23H,3H2,1-2H3,(H,25,26)/b18-11+. The average Bonchev–Trinajstić information content (AvgIpc) is 2.98. The SMILES string of the molecule is CCOc1cc(/C=C2/SC(=S)N(c3ccc(O)cc3)C2=O)ccc1OC(C)C(=O)O. The molecule has 2 aromatic rings. The maximum absolute atomic E-state index is 12.9. The van der Waals surface area contributed by atoms with E-state index in [1.165, 1.54) is 35.7 Å². The minimum absolute atomic E-state index is 0.0997. The van der Waals surface area contributed by atoms with Crippen molar-refractivity contribution in [2.75, 3.05) is 11.5 Å². The van der Waals surface area contributed by atoms with E-state index in [1.54, 1.807) is 43.3 Å². The molecular formula is C21H19NO6S2. The van der Waals surface area contributed by atoms with Gasteiger partial charge in [-0.3, -0.25) is 9.69 Å². The molecule has 0 bridgehead atoms. The number of thioether (sulfide) groups is 1. The van der Waals surface area contributed by atoms with Gasteiger partial charge in [0.05, 0.1) is 17.2 Å². The number of phenols is 1. The second-order valence-corrected chi connectivity index (χ2v) is 7.95. The van der Waals surface area contributed by atoms with E-state index in [0.29, 0.717) is 38.6 Å². The fraction of sp³-hybridized carbons (Fsp3) is 0.190. The third-order valence-electron chi connectivity index (χ3n) is 4.12. The van der Waals surface area contributed by atoms with E-state index < -0.39 is 12.1 Å². The van der Waals surface area contributed by atoms with Crippen molar-refractivity contribution in [2.45, 2.75) is 20.0 Å². The summed E-state index contributed by atoms with van der Waals surface area (Å²) in [6.45, 7) is 3.60. The van der Waals surface area contributed by atoms with Crippen LogP contribution in [0.25, 0.3) is 6.08 Å². The van der Waals surface area contributed by atoms with Crippen molar-refractivity contribution in [1.82, 2.24) is 0 Å². The zero-order valence-corrected chi connectivity index (χ0v) is 17.8. The van der Waals surface area contributed by atoms with Gasteiger partial charge in [-0.15, -0.1) is 0 Å². The summed E-state index contributed by atoms with van der Waals surface area (Å²) in [6.07, 6.45) is 0.656. The molecule has 0 aromatic heterocycles. The van der Waals surface area contributed by atoms with Crippen LogP contribution in [0.2, 0.25) is 0 Å². The maximum atomic E-state index is 12.9. The van der Waals surface area contributed by atoms with E-state index in [2.05, 4.69) is 0 Å². The second-order valence-electron chi connectivity index (χ2n) is 6.27. The topological polar surface area (TPSA) is 96.3 Å². The molecule has 1 saturated heterocycles. The molecule has 2 aromatic carbocycles. The molecule has 1 amide bonds. The highest BCUT2D eigenvalue weighted by atomic mass is 32.2. The lowest BCUT2D eigenvalue weighted by atomic mass is 10.1. The quantitative estimate of drug-likeness (QED) is 0.487. The van der Waals surface area contributed by atoms with Crippen LogP contribution in [-0.4, -0.2) is 39.1 Å². The number of aliphatic carboxylic acids is 1. The van der Waals surface area contributed by atoms with E-state index in [0.717, 1.165) is 0 Å².